The number of hydrogen-bond acceptors (Lipinski definition) is 4. The molecule has 1 aliphatic carbocycles. The van der Waals surface area contributed by atoms with Crippen molar-refractivity contribution in [1.29, 1.82) is 0 Å². The molecule has 1 fully saturated rings. The Morgan fingerprint density at radius 1 is 1.17 bits per heavy atom. The second-order valence-electron chi connectivity index (χ2n) is 7.20. The lowest BCUT2D eigenvalue weighted by atomic mass is 9.85. The molecule has 4 rings (SSSR count). The van der Waals surface area contributed by atoms with Crippen molar-refractivity contribution in [2.45, 2.75) is 26.2 Å². The normalized spacial score (nSPS) is 13.5. The number of aromatic nitrogens is 2. The van der Waals surface area contributed by atoms with Gasteiger partial charge in [-0.05, 0) is 50.1 Å². The Morgan fingerprint density at radius 2 is 1.97 bits per heavy atom. The smallest absolute Gasteiger partial charge is 0.358 e. The van der Waals surface area contributed by atoms with Gasteiger partial charge in [-0.1, -0.05) is 30.7 Å². The van der Waals surface area contributed by atoms with Gasteiger partial charge in [-0.2, -0.15) is 5.10 Å². The third-order valence-electron chi connectivity index (χ3n) is 5.18. The van der Waals surface area contributed by atoms with Gasteiger partial charge in [0.25, 0.3) is 0 Å². The molecule has 1 saturated carbocycles. The number of esters is 1. The maximum absolute atomic E-state index is 14.5. The molecule has 7 heteroatoms. The Kier molecular flexibility index (Phi) is 5.61. The van der Waals surface area contributed by atoms with Crippen molar-refractivity contribution < 1.29 is 18.7 Å². The molecule has 0 saturated heterocycles. The lowest BCUT2D eigenvalue weighted by Crippen LogP contribution is -2.27. The van der Waals surface area contributed by atoms with Gasteiger partial charge in [-0.25, -0.2) is 13.9 Å². The molecule has 1 N–H and O–H groups in total. The van der Waals surface area contributed by atoms with Crippen molar-refractivity contribution in [1.82, 2.24) is 9.78 Å². The third kappa shape index (κ3) is 3.96. The maximum Gasteiger partial charge on any atom is 0.358 e. The van der Waals surface area contributed by atoms with Crippen molar-refractivity contribution in [3.8, 4) is 16.9 Å². The van der Waals surface area contributed by atoms with E-state index in [9.17, 15) is 14.0 Å². The lowest BCUT2D eigenvalue weighted by Gasteiger charge is -2.24. The Morgan fingerprint density at radius 3 is 2.67 bits per heavy atom. The van der Waals surface area contributed by atoms with Gasteiger partial charge >= 0.3 is 5.97 Å². The number of para-hydroxylation sites is 1. The van der Waals surface area contributed by atoms with E-state index in [2.05, 4.69) is 10.4 Å². The fourth-order valence-electron chi connectivity index (χ4n) is 3.37. The standard InChI is InChI=1S/C23H22FN3O3/c1-2-30-23(29)19-14-21(27(26-19)20-12-4-3-11-18(20)24)16-9-6-10-17(13-16)25-22(28)15-7-5-8-15/h3-4,6,9-15H,2,5,7-8H2,1H3,(H,25,28). The number of anilines is 1. The Labute approximate surface area is 173 Å². The zero-order valence-electron chi connectivity index (χ0n) is 16.6. The number of nitrogens with zero attached hydrogens (tertiary/aromatic N) is 2. The van der Waals surface area contributed by atoms with Gasteiger partial charge in [-0.3, -0.25) is 4.79 Å². The fourth-order valence-corrected chi connectivity index (χ4v) is 3.37. The van der Waals surface area contributed by atoms with Crippen LogP contribution in [0.4, 0.5) is 10.1 Å². The van der Waals surface area contributed by atoms with Crippen LogP contribution in [0.25, 0.3) is 16.9 Å². The lowest BCUT2D eigenvalue weighted by molar-refractivity contribution is -0.122. The van der Waals surface area contributed by atoms with Crippen molar-refractivity contribution in [3.63, 3.8) is 0 Å². The molecular formula is C23H22FN3O3. The number of halogens is 1. The number of benzene rings is 2. The second kappa shape index (κ2) is 8.49. The molecule has 6 nitrogen and oxygen atoms in total. The highest BCUT2D eigenvalue weighted by molar-refractivity contribution is 5.94. The van der Waals surface area contributed by atoms with Crippen LogP contribution in [0.2, 0.25) is 0 Å². The van der Waals surface area contributed by atoms with E-state index in [-0.39, 0.29) is 29.8 Å². The van der Waals surface area contributed by atoms with Crippen LogP contribution in [0.5, 0.6) is 0 Å². The number of ether oxygens (including phenoxy) is 1. The van der Waals surface area contributed by atoms with Crippen LogP contribution in [0.15, 0.2) is 54.6 Å². The fraction of sp³-hybridized carbons (Fsp3) is 0.261. The number of hydrogen-bond donors (Lipinski definition) is 1. The summed E-state index contributed by atoms with van der Waals surface area (Å²) in [6, 6.07) is 15.0. The van der Waals surface area contributed by atoms with Crippen LogP contribution in [0, 0.1) is 11.7 Å². The molecule has 1 aliphatic rings. The summed E-state index contributed by atoms with van der Waals surface area (Å²) in [5.41, 5.74) is 2.14. The van der Waals surface area contributed by atoms with E-state index < -0.39 is 11.8 Å². The monoisotopic (exact) mass is 407 g/mol. The summed E-state index contributed by atoms with van der Waals surface area (Å²) in [5.74, 6) is -0.976. The average Bonchev–Trinajstić information content (AvgIpc) is 3.13. The Balaban J connectivity index is 1.73. The Hall–Kier alpha value is -3.48. The average molecular weight is 407 g/mol. The van der Waals surface area contributed by atoms with Gasteiger partial charge < -0.3 is 10.1 Å². The molecule has 0 bridgehead atoms. The van der Waals surface area contributed by atoms with E-state index in [4.69, 9.17) is 4.74 Å². The van der Waals surface area contributed by atoms with E-state index >= 15 is 0 Å². The van der Waals surface area contributed by atoms with Crippen molar-refractivity contribution >= 4 is 17.6 Å². The quantitative estimate of drug-likeness (QED) is 0.607. The molecule has 154 valence electrons. The molecule has 0 unspecified atom stereocenters. The van der Waals surface area contributed by atoms with E-state index in [1.54, 1.807) is 49.4 Å². The molecule has 0 aliphatic heterocycles. The van der Waals surface area contributed by atoms with Gasteiger partial charge in [0, 0.05) is 17.2 Å². The molecule has 30 heavy (non-hydrogen) atoms. The summed E-state index contributed by atoms with van der Waals surface area (Å²) in [6.07, 6.45) is 2.90. The number of amides is 1. The van der Waals surface area contributed by atoms with Crippen LogP contribution in [0.1, 0.15) is 36.7 Å². The summed E-state index contributed by atoms with van der Waals surface area (Å²) in [4.78, 5) is 24.5. The van der Waals surface area contributed by atoms with Gasteiger partial charge in [0.2, 0.25) is 5.91 Å². The highest BCUT2D eigenvalue weighted by atomic mass is 19.1. The molecular weight excluding hydrogens is 385 g/mol. The first-order valence-corrected chi connectivity index (χ1v) is 10.00. The SMILES string of the molecule is CCOC(=O)c1cc(-c2cccc(NC(=O)C3CCC3)c2)n(-c2ccccc2F)n1. The second-order valence-corrected chi connectivity index (χ2v) is 7.20. The molecule has 1 aromatic heterocycles. The maximum atomic E-state index is 14.5. The summed E-state index contributed by atoms with van der Waals surface area (Å²) >= 11 is 0. The molecule has 3 aromatic rings. The highest BCUT2D eigenvalue weighted by Gasteiger charge is 2.25. The highest BCUT2D eigenvalue weighted by Crippen LogP contribution is 2.30. The largest absolute Gasteiger partial charge is 0.461 e. The molecule has 0 radical (unpaired) electrons. The summed E-state index contributed by atoms with van der Waals surface area (Å²) in [6.45, 7) is 1.92. The predicted molar refractivity (Wildman–Crippen MR) is 111 cm³/mol. The number of carbonyl (C=O) groups is 2. The van der Waals surface area contributed by atoms with Gasteiger partial charge in [0.15, 0.2) is 5.69 Å². The number of rotatable bonds is 6. The molecule has 1 heterocycles. The topological polar surface area (TPSA) is 73.2 Å². The number of carbonyl (C=O) groups excluding carboxylic acids is 2. The van der Waals surface area contributed by atoms with Crippen molar-refractivity contribution in [2.75, 3.05) is 11.9 Å². The number of nitrogens with one attached hydrogen (secondary N) is 1. The third-order valence-corrected chi connectivity index (χ3v) is 5.18. The predicted octanol–water partition coefficient (Wildman–Crippen LogP) is 4.59. The zero-order chi connectivity index (χ0) is 21.1. The summed E-state index contributed by atoms with van der Waals surface area (Å²) < 4.78 is 20.9. The first-order valence-electron chi connectivity index (χ1n) is 10.00. The molecule has 0 spiro atoms. The zero-order valence-corrected chi connectivity index (χ0v) is 16.6. The summed E-state index contributed by atoms with van der Waals surface area (Å²) in [7, 11) is 0. The van der Waals surface area contributed by atoms with Crippen LogP contribution >= 0.6 is 0 Å². The minimum atomic E-state index is -0.580. The van der Waals surface area contributed by atoms with E-state index in [0.717, 1.165) is 19.3 Å². The van der Waals surface area contributed by atoms with Crippen molar-refractivity contribution in [3.05, 3.63) is 66.1 Å². The van der Waals surface area contributed by atoms with E-state index in [1.807, 2.05) is 6.07 Å². The van der Waals surface area contributed by atoms with Crippen molar-refractivity contribution in [2.24, 2.45) is 5.92 Å². The Bertz CT molecular complexity index is 1090. The minimum absolute atomic E-state index is 0.00761. The van der Waals surface area contributed by atoms with Crippen LogP contribution in [0.3, 0.4) is 0 Å². The first-order chi connectivity index (χ1) is 14.6. The molecule has 0 atom stereocenters. The minimum Gasteiger partial charge on any atom is -0.461 e. The van der Waals surface area contributed by atoms with Crippen LogP contribution in [-0.2, 0) is 9.53 Å². The van der Waals surface area contributed by atoms with E-state index in [1.165, 1.54) is 10.7 Å². The van der Waals surface area contributed by atoms with Gasteiger partial charge in [0.05, 0.1) is 12.3 Å². The van der Waals surface area contributed by atoms with Crippen LogP contribution < -0.4 is 5.32 Å². The van der Waals surface area contributed by atoms with E-state index in [0.29, 0.717) is 16.9 Å². The summed E-state index contributed by atoms with van der Waals surface area (Å²) in [5, 5.41) is 7.23. The molecule has 1 amide bonds. The molecule has 2 aromatic carbocycles. The first kappa shape index (κ1) is 19.8. The van der Waals surface area contributed by atoms with Gasteiger partial charge in [-0.15, -0.1) is 0 Å². The van der Waals surface area contributed by atoms with Crippen LogP contribution in [-0.4, -0.2) is 28.3 Å². The van der Waals surface area contributed by atoms with Gasteiger partial charge in [0.1, 0.15) is 11.5 Å².